The van der Waals surface area contributed by atoms with Gasteiger partial charge in [0.15, 0.2) is 0 Å². The van der Waals surface area contributed by atoms with Crippen molar-refractivity contribution in [3.8, 4) is 22.3 Å². The topological polar surface area (TPSA) is 16.4 Å². The minimum atomic E-state index is -0.298. The van der Waals surface area contributed by atoms with Gasteiger partial charge in [-0.3, -0.25) is 0 Å². The predicted molar refractivity (Wildman–Crippen MR) is 228 cm³/mol. The normalized spacial score (nSPS) is 17.1. The number of nitrogens with zero attached hydrogens (tertiary/aromatic N) is 1. The third-order valence-electron chi connectivity index (χ3n) is 12.5. The minimum Gasteiger partial charge on any atom is -0.456 e. The quantitative estimate of drug-likeness (QED) is 0.182. The molecule has 0 fully saturated rings. The third-order valence-corrected chi connectivity index (χ3v) is 12.5. The van der Waals surface area contributed by atoms with E-state index < -0.39 is 0 Å². The SMILES string of the molecule is C1=CC2c3ccc4ccc(N(c5ccccc5)c5ccc(-c6ccc7oc8ccccc8c7c6)cc5)cc4c3C3(c4ccccc4-c4ccccc43)C2C=C1. The van der Waals surface area contributed by atoms with E-state index in [1.807, 2.05) is 12.1 Å². The van der Waals surface area contributed by atoms with E-state index in [2.05, 4.69) is 193 Å². The highest BCUT2D eigenvalue weighted by molar-refractivity contribution is 6.06. The zero-order valence-electron chi connectivity index (χ0n) is 30.1. The highest BCUT2D eigenvalue weighted by Crippen LogP contribution is 2.66. The standard InChI is InChI=1S/C53H35NO/c1-2-12-37(13-3-1)54(38-27-22-34(23-28-38)36-26-31-51-46(32-36)43-17-7-11-21-50(43)55-51)39-29-24-35-25-30-44-42-16-6-10-20-49(42)53(52(44)45(35)33-39)47-18-8-4-14-40(47)41-15-5-9-19-48(41)53/h1-33,42,49H. The second-order valence-corrected chi connectivity index (χ2v) is 15.2. The van der Waals surface area contributed by atoms with Crippen LogP contribution in [0.5, 0.6) is 0 Å². The Labute approximate surface area is 319 Å². The number of hydrogen-bond donors (Lipinski definition) is 0. The van der Waals surface area contributed by atoms with E-state index in [9.17, 15) is 0 Å². The monoisotopic (exact) mass is 701 g/mol. The lowest BCUT2D eigenvalue weighted by molar-refractivity contribution is 0.467. The van der Waals surface area contributed by atoms with Crippen LogP contribution in [0.1, 0.15) is 28.2 Å². The summed E-state index contributed by atoms with van der Waals surface area (Å²) in [7, 11) is 0. The Morgan fingerprint density at radius 2 is 1.09 bits per heavy atom. The molecule has 0 saturated heterocycles. The molecule has 2 unspecified atom stereocenters. The number of allylic oxidation sites excluding steroid dienone is 4. The van der Waals surface area contributed by atoms with Gasteiger partial charge in [0.2, 0.25) is 0 Å². The van der Waals surface area contributed by atoms with E-state index in [1.165, 1.54) is 55.3 Å². The summed E-state index contributed by atoms with van der Waals surface area (Å²) in [5.41, 5.74) is 15.7. The number of rotatable bonds is 4. The molecule has 9 aromatic rings. The lowest BCUT2D eigenvalue weighted by Crippen LogP contribution is -2.33. The van der Waals surface area contributed by atoms with Crippen LogP contribution in [0.2, 0.25) is 0 Å². The van der Waals surface area contributed by atoms with Gasteiger partial charge < -0.3 is 9.32 Å². The fourth-order valence-electron chi connectivity index (χ4n) is 10.3. The van der Waals surface area contributed by atoms with Gasteiger partial charge in [0, 0.05) is 39.7 Å². The predicted octanol–water partition coefficient (Wildman–Crippen LogP) is 14.0. The van der Waals surface area contributed by atoms with Gasteiger partial charge in [0.1, 0.15) is 11.2 Å². The average Bonchev–Trinajstić information content (AvgIpc) is 3.88. The van der Waals surface area contributed by atoms with Crippen LogP contribution in [-0.2, 0) is 5.41 Å². The van der Waals surface area contributed by atoms with Crippen molar-refractivity contribution in [3.63, 3.8) is 0 Å². The first-order chi connectivity index (χ1) is 27.3. The molecule has 12 rings (SSSR count). The molecule has 3 aliphatic rings. The summed E-state index contributed by atoms with van der Waals surface area (Å²) in [5.74, 6) is 0.577. The number of hydrogen-bond acceptors (Lipinski definition) is 2. The van der Waals surface area contributed by atoms with Crippen LogP contribution in [0.4, 0.5) is 17.1 Å². The first kappa shape index (κ1) is 30.6. The van der Waals surface area contributed by atoms with Crippen molar-refractivity contribution in [2.24, 2.45) is 5.92 Å². The molecule has 0 saturated carbocycles. The largest absolute Gasteiger partial charge is 0.456 e. The molecule has 2 heteroatoms. The van der Waals surface area contributed by atoms with Gasteiger partial charge in [-0.15, -0.1) is 0 Å². The minimum absolute atomic E-state index is 0.281. The van der Waals surface area contributed by atoms with Crippen molar-refractivity contribution in [2.45, 2.75) is 11.3 Å². The van der Waals surface area contributed by atoms with Gasteiger partial charge in [-0.2, -0.15) is 0 Å². The van der Waals surface area contributed by atoms with Crippen molar-refractivity contribution in [1.29, 1.82) is 0 Å². The summed E-state index contributed by atoms with van der Waals surface area (Å²) in [6.07, 6.45) is 9.42. The van der Waals surface area contributed by atoms with Crippen LogP contribution in [0, 0.1) is 5.92 Å². The number of para-hydroxylation sites is 2. The molecule has 0 aliphatic heterocycles. The van der Waals surface area contributed by atoms with Gasteiger partial charge in [-0.25, -0.2) is 0 Å². The molecule has 1 aromatic heterocycles. The molecule has 0 amide bonds. The van der Waals surface area contributed by atoms with Gasteiger partial charge >= 0.3 is 0 Å². The Morgan fingerprint density at radius 3 is 1.91 bits per heavy atom. The van der Waals surface area contributed by atoms with Crippen molar-refractivity contribution in [2.75, 3.05) is 4.90 Å². The van der Waals surface area contributed by atoms with E-state index >= 15 is 0 Å². The van der Waals surface area contributed by atoms with Crippen molar-refractivity contribution in [3.05, 3.63) is 222 Å². The Bertz CT molecular complexity index is 3010. The number of benzene rings is 8. The lowest BCUT2D eigenvalue weighted by Gasteiger charge is -2.36. The van der Waals surface area contributed by atoms with Gasteiger partial charge in [0.05, 0.1) is 5.41 Å². The van der Waals surface area contributed by atoms with Gasteiger partial charge in [-0.1, -0.05) is 146 Å². The summed E-state index contributed by atoms with van der Waals surface area (Å²) in [6, 6.07) is 64.7. The van der Waals surface area contributed by atoms with Gasteiger partial charge in [0.25, 0.3) is 0 Å². The number of anilines is 3. The zero-order chi connectivity index (χ0) is 36.1. The molecule has 0 N–H and O–H groups in total. The molecule has 0 radical (unpaired) electrons. The van der Waals surface area contributed by atoms with E-state index in [0.717, 1.165) is 39.0 Å². The maximum Gasteiger partial charge on any atom is 0.135 e. The molecule has 1 heterocycles. The Hall–Kier alpha value is -6.90. The van der Waals surface area contributed by atoms with Crippen LogP contribution in [0.25, 0.3) is 55.0 Å². The van der Waals surface area contributed by atoms with Crippen LogP contribution >= 0.6 is 0 Å². The smallest absolute Gasteiger partial charge is 0.135 e. The van der Waals surface area contributed by atoms with E-state index in [0.29, 0.717) is 5.92 Å². The molecule has 2 nitrogen and oxygen atoms in total. The molecule has 3 aliphatic carbocycles. The number of furan rings is 1. The molecular weight excluding hydrogens is 667 g/mol. The maximum atomic E-state index is 6.13. The molecule has 2 atom stereocenters. The van der Waals surface area contributed by atoms with E-state index in [1.54, 1.807) is 0 Å². The van der Waals surface area contributed by atoms with Crippen LogP contribution < -0.4 is 4.90 Å². The first-order valence-corrected chi connectivity index (χ1v) is 19.3. The highest BCUT2D eigenvalue weighted by atomic mass is 16.3. The van der Waals surface area contributed by atoms with E-state index in [-0.39, 0.29) is 11.3 Å². The molecule has 0 bridgehead atoms. The fraction of sp³-hybridized carbons (Fsp3) is 0.0566. The second-order valence-electron chi connectivity index (χ2n) is 15.2. The molecular formula is C53H35NO. The fourth-order valence-corrected chi connectivity index (χ4v) is 10.3. The summed E-state index contributed by atoms with van der Waals surface area (Å²) >= 11 is 0. The van der Waals surface area contributed by atoms with Crippen molar-refractivity contribution < 1.29 is 4.42 Å². The molecule has 1 spiro atoms. The Morgan fingerprint density at radius 1 is 0.455 bits per heavy atom. The summed E-state index contributed by atoms with van der Waals surface area (Å²) in [5, 5.41) is 4.87. The molecule has 258 valence electrons. The van der Waals surface area contributed by atoms with Crippen molar-refractivity contribution in [1.82, 2.24) is 0 Å². The summed E-state index contributed by atoms with van der Waals surface area (Å²) < 4.78 is 6.13. The zero-order valence-corrected chi connectivity index (χ0v) is 30.1. The molecule has 55 heavy (non-hydrogen) atoms. The Balaban J connectivity index is 1.05. The Kier molecular flexibility index (Phi) is 6.41. The van der Waals surface area contributed by atoms with E-state index in [4.69, 9.17) is 4.42 Å². The van der Waals surface area contributed by atoms with Crippen molar-refractivity contribution >= 4 is 49.8 Å². The second kappa shape index (κ2) is 11.5. The molecule has 8 aromatic carbocycles. The van der Waals surface area contributed by atoms with Crippen LogP contribution in [-0.4, -0.2) is 0 Å². The third kappa shape index (κ3) is 4.25. The van der Waals surface area contributed by atoms with Crippen LogP contribution in [0.3, 0.4) is 0 Å². The number of fused-ring (bicyclic) bond motifs is 15. The summed E-state index contributed by atoms with van der Waals surface area (Å²) in [6.45, 7) is 0. The van der Waals surface area contributed by atoms with Gasteiger partial charge in [-0.05, 0) is 110 Å². The average molecular weight is 702 g/mol. The summed E-state index contributed by atoms with van der Waals surface area (Å²) in [4.78, 5) is 2.40. The van der Waals surface area contributed by atoms with Crippen LogP contribution in [0.15, 0.2) is 205 Å². The highest BCUT2D eigenvalue weighted by Gasteiger charge is 2.57. The first-order valence-electron chi connectivity index (χ1n) is 19.3. The maximum absolute atomic E-state index is 6.13. The lowest BCUT2D eigenvalue weighted by atomic mass is 9.65.